The summed E-state index contributed by atoms with van der Waals surface area (Å²) in [4.78, 5) is 14.1. The molecule has 1 unspecified atom stereocenters. The van der Waals surface area contributed by atoms with Crippen LogP contribution in [0.3, 0.4) is 0 Å². The highest BCUT2D eigenvalue weighted by atomic mass is 35.5. The minimum Gasteiger partial charge on any atom is -0.480 e. The van der Waals surface area contributed by atoms with Gasteiger partial charge in [0, 0.05) is 26.2 Å². The van der Waals surface area contributed by atoms with Crippen molar-refractivity contribution in [3.05, 3.63) is 11.4 Å². The fourth-order valence-electron chi connectivity index (χ4n) is 2.63. The van der Waals surface area contributed by atoms with Crippen LogP contribution in [0.1, 0.15) is 24.2 Å². The van der Waals surface area contributed by atoms with Crippen LogP contribution in [-0.2, 0) is 11.8 Å². The third-order valence-electron chi connectivity index (χ3n) is 3.96. The van der Waals surface area contributed by atoms with Gasteiger partial charge in [-0.3, -0.25) is 9.48 Å². The van der Waals surface area contributed by atoms with Crippen molar-refractivity contribution in [2.45, 2.75) is 32.7 Å². The molecule has 1 fully saturated rings. The molecule has 0 bridgehead atoms. The number of amides is 1. The van der Waals surface area contributed by atoms with Crippen LogP contribution in [0.15, 0.2) is 0 Å². The molecule has 0 aromatic carbocycles. The molecule has 0 radical (unpaired) electrons. The van der Waals surface area contributed by atoms with Gasteiger partial charge in [-0.05, 0) is 33.7 Å². The number of aromatic nitrogens is 2. The Hall–Kier alpha value is -1.27. The molecule has 1 aromatic heterocycles. The van der Waals surface area contributed by atoms with Crippen molar-refractivity contribution in [2.75, 3.05) is 26.7 Å². The molecular formula is C14H25ClN4O2. The number of ether oxygens (including phenoxy) is 1. The Morgan fingerprint density at radius 3 is 2.76 bits per heavy atom. The van der Waals surface area contributed by atoms with Gasteiger partial charge in [0.05, 0.1) is 5.69 Å². The van der Waals surface area contributed by atoms with E-state index in [0.29, 0.717) is 6.04 Å². The fourth-order valence-corrected chi connectivity index (χ4v) is 2.63. The average Bonchev–Trinajstić information content (AvgIpc) is 2.70. The third kappa shape index (κ3) is 4.11. The van der Waals surface area contributed by atoms with Gasteiger partial charge < -0.3 is 15.0 Å². The summed E-state index contributed by atoms with van der Waals surface area (Å²) >= 11 is 0. The van der Waals surface area contributed by atoms with E-state index in [1.807, 2.05) is 32.8 Å². The topological polar surface area (TPSA) is 59.4 Å². The molecular weight excluding hydrogens is 292 g/mol. The van der Waals surface area contributed by atoms with Crippen molar-refractivity contribution < 1.29 is 9.53 Å². The van der Waals surface area contributed by atoms with E-state index in [1.54, 1.807) is 4.68 Å². The van der Waals surface area contributed by atoms with Crippen LogP contribution in [0, 0.1) is 13.8 Å². The van der Waals surface area contributed by atoms with Crippen LogP contribution < -0.4 is 10.1 Å². The van der Waals surface area contributed by atoms with Crippen molar-refractivity contribution in [3.63, 3.8) is 0 Å². The summed E-state index contributed by atoms with van der Waals surface area (Å²) in [5.41, 5.74) is 1.77. The number of halogens is 1. The molecule has 6 nitrogen and oxygen atoms in total. The number of carbonyl (C=O) groups is 1. The minimum absolute atomic E-state index is 0. The maximum absolute atomic E-state index is 12.2. The van der Waals surface area contributed by atoms with Gasteiger partial charge in [-0.15, -0.1) is 12.4 Å². The van der Waals surface area contributed by atoms with Gasteiger partial charge in [0.1, 0.15) is 5.69 Å². The molecule has 2 rings (SSSR count). The Morgan fingerprint density at radius 1 is 1.48 bits per heavy atom. The van der Waals surface area contributed by atoms with E-state index >= 15 is 0 Å². The lowest BCUT2D eigenvalue weighted by Crippen LogP contribution is -2.48. The molecule has 1 saturated heterocycles. The van der Waals surface area contributed by atoms with Crippen LogP contribution >= 0.6 is 12.4 Å². The molecule has 1 aliphatic heterocycles. The van der Waals surface area contributed by atoms with E-state index in [1.165, 1.54) is 0 Å². The lowest BCUT2D eigenvalue weighted by Gasteiger charge is -2.32. The molecule has 120 valence electrons. The first-order valence-corrected chi connectivity index (χ1v) is 7.11. The molecule has 0 spiro atoms. The SMILES string of the molecule is CNC1CCCN(C(=O)COc2c(C)nn(C)c2C)C1.Cl. The van der Waals surface area contributed by atoms with Gasteiger partial charge >= 0.3 is 0 Å². The Kier molecular flexibility index (Phi) is 6.48. The van der Waals surface area contributed by atoms with Crippen molar-refractivity contribution in [1.82, 2.24) is 20.0 Å². The summed E-state index contributed by atoms with van der Waals surface area (Å²) in [6.45, 7) is 5.52. The van der Waals surface area contributed by atoms with Gasteiger partial charge in [0.2, 0.25) is 0 Å². The van der Waals surface area contributed by atoms with Crippen molar-refractivity contribution >= 4 is 18.3 Å². The van der Waals surface area contributed by atoms with Gasteiger partial charge in [0.25, 0.3) is 5.91 Å². The maximum atomic E-state index is 12.2. The summed E-state index contributed by atoms with van der Waals surface area (Å²) in [6.07, 6.45) is 2.17. The number of hydrogen-bond donors (Lipinski definition) is 1. The largest absolute Gasteiger partial charge is 0.480 e. The summed E-state index contributed by atoms with van der Waals surface area (Å²) in [6, 6.07) is 0.398. The molecule has 1 atom stereocenters. The van der Waals surface area contributed by atoms with E-state index in [9.17, 15) is 4.79 Å². The van der Waals surface area contributed by atoms with Crippen LogP contribution in [0.4, 0.5) is 0 Å². The minimum atomic E-state index is 0. The van der Waals surface area contributed by atoms with Crippen molar-refractivity contribution in [3.8, 4) is 5.75 Å². The molecule has 21 heavy (non-hydrogen) atoms. The number of likely N-dealkylation sites (tertiary alicyclic amines) is 1. The van der Waals surface area contributed by atoms with E-state index in [2.05, 4.69) is 10.4 Å². The zero-order valence-electron chi connectivity index (χ0n) is 13.2. The van der Waals surface area contributed by atoms with Crippen molar-refractivity contribution in [2.24, 2.45) is 7.05 Å². The Morgan fingerprint density at radius 2 is 2.19 bits per heavy atom. The monoisotopic (exact) mass is 316 g/mol. The average molecular weight is 317 g/mol. The van der Waals surface area contributed by atoms with Gasteiger partial charge in [-0.25, -0.2) is 0 Å². The van der Waals surface area contributed by atoms with Crippen LogP contribution in [0.25, 0.3) is 0 Å². The van der Waals surface area contributed by atoms with Crippen LogP contribution in [-0.4, -0.2) is 53.4 Å². The van der Waals surface area contributed by atoms with E-state index in [-0.39, 0.29) is 24.9 Å². The first-order valence-electron chi connectivity index (χ1n) is 7.11. The Labute approximate surface area is 132 Å². The van der Waals surface area contributed by atoms with Crippen LogP contribution in [0.2, 0.25) is 0 Å². The summed E-state index contributed by atoms with van der Waals surface area (Å²) < 4.78 is 7.45. The van der Waals surface area contributed by atoms with Crippen molar-refractivity contribution in [1.29, 1.82) is 0 Å². The maximum Gasteiger partial charge on any atom is 0.260 e. The van der Waals surface area contributed by atoms with Gasteiger partial charge in [0.15, 0.2) is 12.4 Å². The second-order valence-electron chi connectivity index (χ2n) is 5.38. The quantitative estimate of drug-likeness (QED) is 0.902. The summed E-state index contributed by atoms with van der Waals surface area (Å²) in [7, 11) is 3.82. The molecule has 1 N–H and O–H groups in total. The smallest absolute Gasteiger partial charge is 0.260 e. The number of hydrogen-bond acceptors (Lipinski definition) is 4. The zero-order valence-corrected chi connectivity index (χ0v) is 14.0. The predicted molar refractivity (Wildman–Crippen MR) is 84.1 cm³/mol. The predicted octanol–water partition coefficient (Wildman–Crippen LogP) is 1.05. The number of rotatable bonds is 4. The van der Waals surface area contributed by atoms with E-state index < -0.39 is 0 Å². The second kappa shape index (κ2) is 7.66. The second-order valence-corrected chi connectivity index (χ2v) is 5.38. The zero-order chi connectivity index (χ0) is 14.7. The fraction of sp³-hybridized carbons (Fsp3) is 0.714. The number of likely N-dealkylation sites (N-methyl/N-ethyl adjacent to an activating group) is 1. The molecule has 2 heterocycles. The lowest BCUT2D eigenvalue weighted by atomic mass is 10.1. The number of piperidine rings is 1. The Balaban J connectivity index is 0.00000220. The molecule has 1 amide bonds. The first kappa shape index (κ1) is 17.8. The van der Waals surface area contributed by atoms with E-state index in [0.717, 1.165) is 43.1 Å². The Bertz CT molecular complexity index is 490. The normalized spacial score (nSPS) is 18.3. The highest BCUT2D eigenvalue weighted by molar-refractivity contribution is 5.85. The molecule has 1 aliphatic rings. The molecule has 1 aromatic rings. The third-order valence-corrected chi connectivity index (χ3v) is 3.96. The highest BCUT2D eigenvalue weighted by Gasteiger charge is 2.23. The number of nitrogens with one attached hydrogen (secondary N) is 1. The lowest BCUT2D eigenvalue weighted by molar-refractivity contribution is -0.134. The number of nitrogens with zero attached hydrogens (tertiary/aromatic N) is 3. The molecule has 7 heteroatoms. The van der Waals surface area contributed by atoms with E-state index in [4.69, 9.17) is 4.74 Å². The summed E-state index contributed by atoms with van der Waals surface area (Å²) in [5, 5.41) is 7.52. The highest BCUT2D eigenvalue weighted by Crippen LogP contribution is 2.21. The summed E-state index contributed by atoms with van der Waals surface area (Å²) in [5.74, 6) is 0.774. The molecule has 0 aliphatic carbocycles. The standard InChI is InChI=1S/C14H24N4O2.ClH/c1-10-14(11(2)17(4)16-10)20-9-13(19)18-7-5-6-12(8-18)15-3;/h12,15H,5-9H2,1-4H3;1H. The number of carbonyl (C=O) groups excluding carboxylic acids is 1. The van der Waals surface area contributed by atoms with Gasteiger partial charge in [-0.2, -0.15) is 5.10 Å². The van der Waals surface area contributed by atoms with Gasteiger partial charge in [-0.1, -0.05) is 0 Å². The van der Waals surface area contributed by atoms with Crippen LogP contribution in [0.5, 0.6) is 5.75 Å². The first-order chi connectivity index (χ1) is 9.52. The number of aryl methyl sites for hydroxylation is 2. The molecule has 0 saturated carbocycles.